The topological polar surface area (TPSA) is 58.1 Å². The molecule has 1 aliphatic heterocycles. The molecule has 5 nitrogen and oxygen atoms in total. The zero-order valence-electron chi connectivity index (χ0n) is 13.4. The summed E-state index contributed by atoms with van der Waals surface area (Å²) in [6.45, 7) is 1.89. The highest BCUT2D eigenvalue weighted by molar-refractivity contribution is 5.94. The summed E-state index contributed by atoms with van der Waals surface area (Å²) < 4.78 is 0. The second-order valence-electron chi connectivity index (χ2n) is 5.97. The number of hydrogen-bond acceptors (Lipinski definition) is 4. The van der Waals surface area contributed by atoms with Gasteiger partial charge in [0.2, 0.25) is 0 Å². The molecule has 1 saturated heterocycles. The highest BCUT2D eigenvalue weighted by Crippen LogP contribution is 2.17. The predicted octanol–water partition coefficient (Wildman–Crippen LogP) is 2.36. The van der Waals surface area contributed by atoms with Crippen LogP contribution >= 0.6 is 0 Å². The van der Waals surface area contributed by atoms with Crippen LogP contribution in [-0.2, 0) is 0 Å². The Hall–Kier alpha value is -2.27. The fraction of sp³-hybridized carbons (Fsp3) is 0.389. The summed E-state index contributed by atoms with van der Waals surface area (Å²) in [6, 6.07) is 9.80. The van der Waals surface area contributed by atoms with Crippen LogP contribution in [-0.4, -0.2) is 47.0 Å². The molecule has 1 atom stereocenters. The van der Waals surface area contributed by atoms with Crippen LogP contribution in [0.2, 0.25) is 0 Å². The molecule has 0 aliphatic carbocycles. The minimum absolute atomic E-state index is 0.0221. The molecule has 1 fully saturated rings. The van der Waals surface area contributed by atoms with Crippen molar-refractivity contribution in [2.24, 2.45) is 0 Å². The molecular formula is C18H22N4O. The molecule has 1 unspecified atom stereocenters. The zero-order chi connectivity index (χ0) is 16.1. The van der Waals surface area contributed by atoms with Crippen molar-refractivity contribution in [3.8, 4) is 11.4 Å². The third-order valence-electron chi connectivity index (χ3n) is 4.41. The predicted molar refractivity (Wildman–Crippen MR) is 90.1 cm³/mol. The van der Waals surface area contributed by atoms with Gasteiger partial charge in [-0.05, 0) is 51.1 Å². The Morgan fingerprint density at radius 3 is 2.65 bits per heavy atom. The summed E-state index contributed by atoms with van der Waals surface area (Å²) in [4.78, 5) is 23.0. The molecule has 1 amide bonds. The molecule has 0 saturated carbocycles. The van der Waals surface area contributed by atoms with Gasteiger partial charge in [-0.25, -0.2) is 9.97 Å². The number of rotatable bonds is 5. The molecule has 5 heteroatoms. The van der Waals surface area contributed by atoms with Crippen molar-refractivity contribution in [1.82, 2.24) is 20.2 Å². The van der Waals surface area contributed by atoms with Gasteiger partial charge in [0.15, 0.2) is 5.82 Å². The molecule has 0 radical (unpaired) electrons. The Balaban J connectivity index is 1.53. The second kappa shape index (κ2) is 7.33. The number of nitrogens with zero attached hydrogens (tertiary/aromatic N) is 3. The number of likely N-dealkylation sites (tertiary alicyclic amines) is 1. The first-order valence-corrected chi connectivity index (χ1v) is 8.10. The minimum atomic E-state index is -0.0221. The van der Waals surface area contributed by atoms with Crippen LogP contribution in [0.5, 0.6) is 0 Å². The molecule has 0 bridgehead atoms. The highest BCUT2D eigenvalue weighted by Gasteiger charge is 2.20. The maximum Gasteiger partial charge on any atom is 0.251 e. The van der Waals surface area contributed by atoms with E-state index in [1.54, 1.807) is 18.5 Å². The van der Waals surface area contributed by atoms with Crippen molar-refractivity contribution in [1.29, 1.82) is 0 Å². The van der Waals surface area contributed by atoms with Crippen molar-refractivity contribution >= 4 is 5.91 Å². The molecule has 2 aromatic rings. The fourth-order valence-electron chi connectivity index (χ4n) is 3.02. The van der Waals surface area contributed by atoms with Gasteiger partial charge >= 0.3 is 0 Å². The van der Waals surface area contributed by atoms with E-state index in [9.17, 15) is 4.79 Å². The smallest absolute Gasteiger partial charge is 0.251 e. The Morgan fingerprint density at radius 2 is 2.00 bits per heavy atom. The summed E-state index contributed by atoms with van der Waals surface area (Å²) in [5.41, 5.74) is 1.58. The summed E-state index contributed by atoms with van der Waals surface area (Å²) in [6.07, 6.45) is 6.93. The lowest BCUT2D eigenvalue weighted by Crippen LogP contribution is -2.31. The molecule has 3 rings (SSSR count). The maximum atomic E-state index is 12.2. The molecule has 23 heavy (non-hydrogen) atoms. The Morgan fingerprint density at radius 1 is 1.26 bits per heavy atom. The standard InChI is InChI=1S/C18H22N4O/c1-22-13-2-4-16(22)9-12-21-18(23)15-7-5-14(6-8-15)17-19-10-3-11-20-17/h3,5-8,10-11,16H,2,4,9,12-13H2,1H3,(H,21,23). The van der Waals surface area contributed by atoms with Crippen LogP contribution in [0.4, 0.5) is 0 Å². The van der Waals surface area contributed by atoms with Crippen molar-refractivity contribution in [3.05, 3.63) is 48.3 Å². The fourth-order valence-corrected chi connectivity index (χ4v) is 3.02. The van der Waals surface area contributed by atoms with Crippen LogP contribution in [0.1, 0.15) is 29.6 Å². The molecule has 1 aliphatic rings. The van der Waals surface area contributed by atoms with Crippen LogP contribution in [0.3, 0.4) is 0 Å². The lowest BCUT2D eigenvalue weighted by atomic mass is 10.1. The largest absolute Gasteiger partial charge is 0.352 e. The highest BCUT2D eigenvalue weighted by atomic mass is 16.1. The number of hydrogen-bond donors (Lipinski definition) is 1. The second-order valence-corrected chi connectivity index (χ2v) is 5.97. The van der Waals surface area contributed by atoms with E-state index < -0.39 is 0 Å². The van der Waals surface area contributed by atoms with E-state index in [1.165, 1.54) is 19.4 Å². The number of amides is 1. The van der Waals surface area contributed by atoms with Crippen LogP contribution in [0.15, 0.2) is 42.7 Å². The average Bonchev–Trinajstić information content (AvgIpc) is 3.01. The Kier molecular flexibility index (Phi) is 4.98. The third-order valence-corrected chi connectivity index (χ3v) is 4.41. The maximum absolute atomic E-state index is 12.2. The molecule has 1 aromatic carbocycles. The summed E-state index contributed by atoms with van der Waals surface area (Å²) in [5.74, 6) is 0.648. The van der Waals surface area contributed by atoms with Crippen molar-refractivity contribution in [2.45, 2.75) is 25.3 Å². The number of carbonyl (C=O) groups is 1. The van der Waals surface area contributed by atoms with Gasteiger partial charge in [-0.3, -0.25) is 4.79 Å². The number of aromatic nitrogens is 2. The molecule has 2 heterocycles. The van der Waals surface area contributed by atoms with Gasteiger partial charge in [0.1, 0.15) is 0 Å². The van der Waals surface area contributed by atoms with Gasteiger partial charge in [-0.1, -0.05) is 12.1 Å². The first-order chi connectivity index (χ1) is 11.2. The number of nitrogens with one attached hydrogen (secondary N) is 1. The van der Waals surface area contributed by atoms with E-state index in [-0.39, 0.29) is 5.91 Å². The molecule has 1 N–H and O–H groups in total. The summed E-state index contributed by atoms with van der Waals surface area (Å²) in [5, 5.41) is 3.01. The zero-order valence-corrected chi connectivity index (χ0v) is 13.4. The van der Waals surface area contributed by atoms with E-state index in [4.69, 9.17) is 0 Å². The molecule has 1 aromatic heterocycles. The number of carbonyl (C=O) groups excluding carboxylic acids is 1. The lowest BCUT2D eigenvalue weighted by molar-refractivity contribution is 0.0950. The van der Waals surface area contributed by atoms with E-state index in [0.717, 1.165) is 18.5 Å². The first-order valence-electron chi connectivity index (χ1n) is 8.10. The Labute approximate surface area is 136 Å². The van der Waals surface area contributed by atoms with Crippen molar-refractivity contribution < 1.29 is 4.79 Å². The molecule has 0 spiro atoms. The minimum Gasteiger partial charge on any atom is -0.352 e. The quantitative estimate of drug-likeness (QED) is 0.921. The molecule has 120 valence electrons. The lowest BCUT2D eigenvalue weighted by Gasteiger charge is -2.19. The third kappa shape index (κ3) is 3.93. The van der Waals surface area contributed by atoms with Gasteiger partial charge in [-0.2, -0.15) is 0 Å². The van der Waals surface area contributed by atoms with Crippen LogP contribution in [0.25, 0.3) is 11.4 Å². The van der Waals surface area contributed by atoms with Crippen LogP contribution < -0.4 is 5.32 Å². The average molecular weight is 310 g/mol. The van der Waals surface area contributed by atoms with E-state index in [1.807, 2.05) is 24.3 Å². The molecular weight excluding hydrogens is 288 g/mol. The SMILES string of the molecule is CN1CCCC1CCNC(=O)c1ccc(-c2ncccn2)cc1. The van der Waals surface area contributed by atoms with E-state index >= 15 is 0 Å². The first kappa shape index (κ1) is 15.6. The van der Waals surface area contributed by atoms with Gasteiger partial charge in [-0.15, -0.1) is 0 Å². The van der Waals surface area contributed by atoms with Gasteiger partial charge in [0.25, 0.3) is 5.91 Å². The summed E-state index contributed by atoms with van der Waals surface area (Å²) >= 11 is 0. The van der Waals surface area contributed by atoms with Crippen LogP contribution in [0, 0.1) is 0 Å². The monoisotopic (exact) mass is 310 g/mol. The van der Waals surface area contributed by atoms with Crippen molar-refractivity contribution in [3.63, 3.8) is 0 Å². The summed E-state index contributed by atoms with van der Waals surface area (Å²) in [7, 11) is 2.16. The Bertz CT molecular complexity index is 642. The van der Waals surface area contributed by atoms with Crippen molar-refractivity contribution in [2.75, 3.05) is 20.1 Å². The van der Waals surface area contributed by atoms with E-state index in [0.29, 0.717) is 17.4 Å². The van der Waals surface area contributed by atoms with E-state index in [2.05, 4.69) is 27.2 Å². The van der Waals surface area contributed by atoms with Gasteiger partial charge in [0, 0.05) is 36.1 Å². The van der Waals surface area contributed by atoms with Gasteiger partial charge in [0.05, 0.1) is 0 Å². The van der Waals surface area contributed by atoms with Gasteiger partial charge < -0.3 is 10.2 Å². The number of benzene rings is 1. The normalized spacial score (nSPS) is 18.0.